The Morgan fingerprint density at radius 3 is 1.89 bits per heavy atom. The molecule has 194 valence electrons. The Balaban J connectivity index is 0.000000568. The molecule has 1 fully saturated rings. The maximum absolute atomic E-state index is 13.7. The fourth-order valence-corrected chi connectivity index (χ4v) is 4.62. The van der Waals surface area contributed by atoms with Crippen molar-refractivity contribution in [2.45, 2.75) is 18.3 Å². The van der Waals surface area contributed by atoms with Crippen molar-refractivity contribution in [3.8, 4) is 11.5 Å². The van der Waals surface area contributed by atoms with Gasteiger partial charge in [0.05, 0.1) is 12.5 Å². The predicted molar refractivity (Wildman–Crippen MR) is 138 cm³/mol. The minimum absolute atomic E-state index is 0.00771. The van der Waals surface area contributed by atoms with Gasteiger partial charge in [0.25, 0.3) is 0 Å². The highest BCUT2D eigenvalue weighted by Crippen LogP contribution is 2.46. The molecule has 4 rings (SSSR count). The number of Topliss-reactive ketones (excluding diaryl/α,β-unsaturated/α-hetero) is 1. The summed E-state index contributed by atoms with van der Waals surface area (Å²) >= 11 is 0. The van der Waals surface area contributed by atoms with Crippen LogP contribution in [0.5, 0.6) is 11.5 Å². The number of methoxy groups -OCH3 is 1. The number of ether oxygens (including phenoxy) is 2. The van der Waals surface area contributed by atoms with E-state index in [0.717, 1.165) is 35.5 Å². The molecule has 3 aromatic rings. The first-order valence-electron chi connectivity index (χ1n) is 12.0. The predicted octanol–water partition coefficient (Wildman–Crippen LogP) is 3.78. The topological polar surface area (TPSA) is 122 Å². The summed E-state index contributed by atoms with van der Waals surface area (Å²) in [7, 11) is 1.64. The van der Waals surface area contributed by atoms with Crippen LogP contribution in [0.2, 0.25) is 0 Å². The molecule has 1 unspecified atom stereocenters. The van der Waals surface area contributed by atoms with Crippen molar-refractivity contribution in [2.24, 2.45) is 5.92 Å². The number of benzene rings is 3. The summed E-state index contributed by atoms with van der Waals surface area (Å²) in [5.74, 6) is -1.89. The second kappa shape index (κ2) is 13.2. The number of carbonyl (C=O) groups excluding carboxylic acids is 1. The fraction of sp³-hybridized carbons (Fsp3) is 0.276. The molecular formula is C29H31NO7. The van der Waals surface area contributed by atoms with Gasteiger partial charge in [-0.15, -0.1) is 0 Å². The third kappa shape index (κ3) is 6.74. The van der Waals surface area contributed by atoms with Gasteiger partial charge in [-0.05, 0) is 36.1 Å². The van der Waals surface area contributed by atoms with Crippen molar-refractivity contribution >= 4 is 17.7 Å². The molecule has 37 heavy (non-hydrogen) atoms. The third-order valence-electron chi connectivity index (χ3n) is 6.37. The summed E-state index contributed by atoms with van der Waals surface area (Å²) in [6.45, 7) is 1.85. The van der Waals surface area contributed by atoms with Crippen LogP contribution in [0.15, 0.2) is 84.9 Å². The number of hydrogen-bond acceptors (Lipinski definition) is 6. The minimum atomic E-state index is -1.82. The van der Waals surface area contributed by atoms with Crippen molar-refractivity contribution in [2.75, 3.05) is 26.8 Å². The summed E-state index contributed by atoms with van der Waals surface area (Å²) in [6, 6.07) is 28.1. The molecule has 3 N–H and O–H groups in total. The number of carboxylic acids is 2. The van der Waals surface area contributed by atoms with E-state index >= 15 is 0 Å². The molecular weight excluding hydrogens is 474 g/mol. The van der Waals surface area contributed by atoms with E-state index in [-0.39, 0.29) is 5.92 Å². The average molecular weight is 506 g/mol. The van der Waals surface area contributed by atoms with E-state index in [9.17, 15) is 4.79 Å². The van der Waals surface area contributed by atoms with Crippen LogP contribution in [0.4, 0.5) is 0 Å². The molecule has 8 heteroatoms. The molecule has 1 saturated carbocycles. The molecule has 0 amide bonds. The summed E-state index contributed by atoms with van der Waals surface area (Å²) in [4.78, 5) is 31.9. The normalized spacial score (nSPS) is 15.8. The second-order valence-electron chi connectivity index (χ2n) is 8.55. The van der Waals surface area contributed by atoms with E-state index in [1.807, 2.05) is 60.7 Å². The lowest BCUT2D eigenvalue weighted by Gasteiger charge is -2.29. The number of hydrogen-bond donors (Lipinski definition) is 3. The molecule has 0 spiro atoms. The first-order chi connectivity index (χ1) is 17.9. The van der Waals surface area contributed by atoms with Gasteiger partial charge in [0.15, 0.2) is 17.3 Å². The van der Waals surface area contributed by atoms with Crippen LogP contribution in [0.1, 0.15) is 24.0 Å². The van der Waals surface area contributed by atoms with Crippen molar-refractivity contribution in [3.05, 3.63) is 96.1 Å². The van der Waals surface area contributed by atoms with Crippen molar-refractivity contribution in [1.82, 2.24) is 5.32 Å². The highest BCUT2D eigenvalue weighted by atomic mass is 16.5. The summed E-state index contributed by atoms with van der Waals surface area (Å²) in [5.41, 5.74) is 1.63. The SMILES string of the molecule is COc1ccccc1OCCNCC1CCC(c2ccccc2)(c2ccccc2)C1=O.O=C(O)C(=O)O. The molecule has 8 nitrogen and oxygen atoms in total. The van der Waals surface area contributed by atoms with Gasteiger partial charge in [-0.2, -0.15) is 0 Å². The molecule has 1 aliphatic carbocycles. The quantitative estimate of drug-likeness (QED) is 0.297. The maximum atomic E-state index is 13.7. The maximum Gasteiger partial charge on any atom is 0.414 e. The first kappa shape index (κ1) is 27.4. The number of ketones is 1. The Kier molecular flexibility index (Phi) is 9.80. The third-order valence-corrected chi connectivity index (χ3v) is 6.37. The zero-order chi connectivity index (χ0) is 26.7. The number of para-hydroxylation sites is 2. The number of aliphatic carboxylic acids is 2. The lowest BCUT2D eigenvalue weighted by molar-refractivity contribution is -0.159. The molecule has 0 radical (unpaired) electrons. The Hall–Kier alpha value is -4.17. The standard InChI is InChI=1S/C27H29NO3.C2H2O4/c1-30-24-14-8-9-15-25(24)31-19-18-28-20-21-16-17-27(26(21)29,22-10-4-2-5-11-22)23-12-6-3-7-13-23;3-1(4)2(5)6/h2-15,21,28H,16-20H2,1H3;(H,3,4)(H,5,6). The molecule has 0 aliphatic heterocycles. The Morgan fingerprint density at radius 1 is 0.865 bits per heavy atom. The second-order valence-corrected chi connectivity index (χ2v) is 8.55. The zero-order valence-electron chi connectivity index (χ0n) is 20.6. The van der Waals surface area contributed by atoms with Crippen LogP contribution in [0.25, 0.3) is 0 Å². The van der Waals surface area contributed by atoms with E-state index in [1.165, 1.54) is 0 Å². The van der Waals surface area contributed by atoms with Crippen molar-refractivity contribution in [1.29, 1.82) is 0 Å². The summed E-state index contributed by atoms with van der Waals surface area (Å²) in [6.07, 6.45) is 1.72. The fourth-order valence-electron chi connectivity index (χ4n) is 4.62. The Bertz CT molecular complexity index is 1130. The minimum Gasteiger partial charge on any atom is -0.493 e. The van der Waals surface area contributed by atoms with Gasteiger partial charge in [-0.25, -0.2) is 9.59 Å². The van der Waals surface area contributed by atoms with Crippen LogP contribution in [-0.4, -0.2) is 54.7 Å². The van der Waals surface area contributed by atoms with Crippen LogP contribution in [0, 0.1) is 5.92 Å². The van der Waals surface area contributed by atoms with Crippen LogP contribution in [-0.2, 0) is 19.8 Å². The summed E-state index contributed by atoms with van der Waals surface area (Å²) < 4.78 is 11.1. The van der Waals surface area contributed by atoms with E-state index in [0.29, 0.717) is 25.5 Å². The van der Waals surface area contributed by atoms with Crippen LogP contribution >= 0.6 is 0 Å². The lowest BCUT2D eigenvalue weighted by Crippen LogP contribution is -2.38. The molecule has 0 saturated heterocycles. The highest BCUT2D eigenvalue weighted by molar-refractivity contribution is 6.27. The molecule has 0 heterocycles. The smallest absolute Gasteiger partial charge is 0.414 e. The molecule has 0 aromatic heterocycles. The van der Waals surface area contributed by atoms with E-state index in [1.54, 1.807) is 7.11 Å². The average Bonchev–Trinajstić information content (AvgIpc) is 3.26. The first-order valence-corrected chi connectivity index (χ1v) is 12.0. The van der Waals surface area contributed by atoms with Gasteiger partial charge in [0, 0.05) is 19.0 Å². The van der Waals surface area contributed by atoms with Gasteiger partial charge in [0.1, 0.15) is 6.61 Å². The van der Waals surface area contributed by atoms with Gasteiger partial charge in [-0.3, -0.25) is 4.79 Å². The van der Waals surface area contributed by atoms with Gasteiger partial charge in [0.2, 0.25) is 0 Å². The van der Waals surface area contributed by atoms with E-state index in [2.05, 4.69) is 29.6 Å². The number of nitrogens with one attached hydrogen (secondary N) is 1. The number of carbonyl (C=O) groups is 3. The zero-order valence-corrected chi connectivity index (χ0v) is 20.6. The number of carboxylic acid groups (broad SMARTS) is 2. The van der Waals surface area contributed by atoms with E-state index < -0.39 is 17.4 Å². The summed E-state index contributed by atoms with van der Waals surface area (Å²) in [5, 5.41) is 18.2. The molecule has 1 aliphatic rings. The Labute approximate surface area is 215 Å². The Morgan fingerprint density at radius 2 is 1.38 bits per heavy atom. The van der Waals surface area contributed by atoms with Gasteiger partial charge >= 0.3 is 11.9 Å². The van der Waals surface area contributed by atoms with Crippen LogP contribution < -0.4 is 14.8 Å². The number of rotatable bonds is 9. The monoisotopic (exact) mass is 505 g/mol. The van der Waals surface area contributed by atoms with E-state index in [4.69, 9.17) is 29.3 Å². The molecule has 3 aromatic carbocycles. The van der Waals surface area contributed by atoms with Crippen molar-refractivity contribution in [3.63, 3.8) is 0 Å². The van der Waals surface area contributed by atoms with Crippen LogP contribution in [0.3, 0.4) is 0 Å². The van der Waals surface area contributed by atoms with Gasteiger partial charge < -0.3 is 25.0 Å². The van der Waals surface area contributed by atoms with Crippen molar-refractivity contribution < 1.29 is 34.1 Å². The van der Waals surface area contributed by atoms with Gasteiger partial charge in [-0.1, -0.05) is 72.8 Å². The largest absolute Gasteiger partial charge is 0.493 e. The lowest BCUT2D eigenvalue weighted by atomic mass is 9.72. The highest BCUT2D eigenvalue weighted by Gasteiger charge is 2.49. The molecule has 1 atom stereocenters. The molecule has 0 bridgehead atoms.